The summed E-state index contributed by atoms with van der Waals surface area (Å²) >= 11 is 0. The van der Waals surface area contributed by atoms with Crippen LogP contribution in [-0.2, 0) is 37.9 Å². The fourth-order valence-corrected chi connectivity index (χ4v) is 5.52. The highest BCUT2D eigenvalue weighted by atomic mass is 16.8. The minimum atomic E-state index is -1.90. The van der Waals surface area contributed by atoms with E-state index >= 15 is 0 Å². The average Bonchev–Trinajstić information content (AvgIpc) is 2.98. The molecule has 0 aromatic rings. The lowest BCUT2D eigenvalue weighted by Gasteiger charge is -2.50. The predicted molar refractivity (Wildman–Crippen MR) is 134 cm³/mol. The lowest BCUT2D eigenvalue weighted by atomic mass is 9.95. The van der Waals surface area contributed by atoms with Crippen molar-refractivity contribution in [3.05, 3.63) is 0 Å². The number of ether oxygens (including phenoxy) is 8. The summed E-state index contributed by atoms with van der Waals surface area (Å²) in [5.41, 5.74) is 0. The molecule has 12 unspecified atom stereocenters. The topological polar surface area (TPSA) is 276 Å². The number of hydrogen-bond donors (Lipinski definition) is 10. The lowest BCUT2D eigenvalue weighted by Crippen LogP contribution is -2.67. The second-order valence-electron chi connectivity index (χ2n) is 11.3. The lowest BCUT2D eigenvalue weighted by molar-refractivity contribution is -0.402. The summed E-state index contributed by atoms with van der Waals surface area (Å²) in [4.78, 5) is 0. The Bertz CT molecular complexity index is 883. The fraction of sp³-hybridized carbons (Fsp3) is 1.00. The molecular formula is C25H44O18. The zero-order valence-corrected chi connectivity index (χ0v) is 24.0. The number of aliphatic hydroxyl groups is 10. The van der Waals surface area contributed by atoms with Gasteiger partial charge in [0.15, 0.2) is 25.2 Å². The Morgan fingerprint density at radius 1 is 0.442 bits per heavy atom. The summed E-state index contributed by atoms with van der Waals surface area (Å²) in [7, 11) is 1.27. The zero-order valence-electron chi connectivity index (χ0n) is 24.0. The Morgan fingerprint density at radius 3 is 1.47 bits per heavy atom. The van der Waals surface area contributed by atoms with Gasteiger partial charge in [-0.3, -0.25) is 0 Å². The van der Waals surface area contributed by atoms with Gasteiger partial charge in [0.1, 0.15) is 79.4 Å². The van der Waals surface area contributed by atoms with Crippen LogP contribution < -0.4 is 0 Å². The van der Waals surface area contributed by atoms with Gasteiger partial charge in [-0.05, 0) is 20.8 Å². The maximum atomic E-state index is 11.1. The third kappa shape index (κ3) is 7.02. The van der Waals surface area contributed by atoms with E-state index in [1.54, 1.807) is 0 Å². The maximum Gasteiger partial charge on any atom is 0.187 e. The van der Waals surface area contributed by atoms with E-state index in [0.717, 1.165) is 0 Å². The molecule has 0 aromatic carbocycles. The van der Waals surface area contributed by atoms with E-state index in [1.165, 1.54) is 27.9 Å². The Morgan fingerprint density at radius 2 is 0.884 bits per heavy atom. The molecule has 0 spiro atoms. The summed E-state index contributed by atoms with van der Waals surface area (Å²) < 4.78 is 45.2. The van der Waals surface area contributed by atoms with Crippen LogP contribution in [0.25, 0.3) is 0 Å². The highest BCUT2D eigenvalue weighted by Gasteiger charge is 2.55. The van der Waals surface area contributed by atoms with Crippen molar-refractivity contribution in [3.8, 4) is 0 Å². The van der Waals surface area contributed by atoms with Crippen LogP contribution in [0.1, 0.15) is 20.8 Å². The van der Waals surface area contributed by atoms with Crippen LogP contribution in [0.5, 0.6) is 0 Å². The smallest absolute Gasteiger partial charge is 0.187 e. The molecule has 4 aliphatic rings. The number of hydrogen-bond acceptors (Lipinski definition) is 18. The molecule has 0 aromatic heterocycles. The number of methoxy groups -OCH3 is 1. The summed E-state index contributed by atoms with van der Waals surface area (Å²) in [6.45, 7) is 3.57. The van der Waals surface area contributed by atoms with Gasteiger partial charge in [-0.25, -0.2) is 0 Å². The highest BCUT2D eigenvalue weighted by molar-refractivity contribution is 4.97. The molecule has 0 bridgehead atoms. The van der Waals surface area contributed by atoms with Gasteiger partial charge in [0.2, 0.25) is 0 Å². The van der Waals surface area contributed by atoms with Gasteiger partial charge in [0.05, 0.1) is 24.9 Å². The molecule has 20 atom stereocenters. The fourth-order valence-electron chi connectivity index (χ4n) is 5.52. The Balaban J connectivity index is 1.67. The first-order chi connectivity index (χ1) is 20.2. The molecule has 4 saturated heterocycles. The molecule has 4 heterocycles. The standard InChI is InChI=1S/C25H44O18/c1-6-10(27)14(31)16(33)23(38-6)42-20-12(29)8(3)39-25(41-19-11(28)7(2)37-22(36-4)18(19)35)21(20)43-24-17(34)15(32)13(30)9(5-26)40-24/h6-35H,5H2,1-4H3/t6?,7?,8?,9?,10-,11-,12-,13+,14?,15?,16?,17?,18?,19?,20?,21?,22+,23-,24-,25-/m0/s1. The largest absolute Gasteiger partial charge is 0.394 e. The normalized spacial score (nSPS) is 54.8. The molecule has 18 heteroatoms. The second kappa shape index (κ2) is 14.4. The number of aliphatic hydroxyl groups excluding tert-OH is 10. The van der Waals surface area contributed by atoms with Crippen LogP contribution in [0.3, 0.4) is 0 Å². The highest BCUT2D eigenvalue weighted by Crippen LogP contribution is 2.35. The first kappa shape index (κ1) is 35.1. The summed E-state index contributed by atoms with van der Waals surface area (Å²) in [5.74, 6) is 0. The number of rotatable bonds is 8. The minimum absolute atomic E-state index is 0.775. The molecule has 43 heavy (non-hydrogen) atoms. The van der Waals surface area contributed by atoms with Gasteiger partial charge in [-0.1, -0.05) is 0 Å². The van der Waals surface area contributed by atoms with Crippen molar-refractivity contribution in [3.63, 3.8) is 0 Å². The van der Waals surface area contributed by atoms with Crippen molar-refractivity contribution in [2.75, 3.05) is 13.7 Å². The second-order valence-corrected chi connectivity index (χ2v) is 11.3. The Hall–Kier alpha value is -0.720. The molecular weight excluding hydrogens is 588 g/mol. The van der Waals surface area contributed by atoms with Gasteiger partial charge in [0.25, 0.3) is 0 Å². The SMILES string of the molecule is CO[C@@H]1OC(C)[C@H](O)C(O[C@@H]2OC(C)[C@H](O)C(O[C@@H]3OC(C)[C@H](O)C(O)C3O)C2O[C@@H]2OC(CO)[C@@H](O)C(O)C2O)C1O. The molecule has 0 amide bonds. The van der Waals surface area contributed by atoms with E-state index in [-0.39, 0.29) is 0 Å². The molecule has 0 radical (unpaired) electrons. The molecule has 18 nitrogen and oxygen atoms in total. The van der Waals surface area contributed by atoms with E-state index in [4.69, 9.17) is 37.9 Å². The van der Waals surface area contributed by atoms with Gasteiger partial charge in [-0.2, -0.15) is 0 Å². The Kier molecular flexibility index (Phi) is 11.7. The van der Waals surface area contributed by atoms with Crippen molar-refractivity contribution in [2.45, 2.75) is 144 Å². The van der Waals surface area contributed by atoms with E-state index in [2.05, 4.69) is 0 Å². The van der Waals surface area contributed by atoms with Crippen LogP contribution >= 0.6 is 0 Å². The van der Waals surface area contributed by atoms with Gasteiger partial charge >= 0.3 is 0 Å². The molecule has 0 saturated carbocycles. The Labute approximate surface area is 246 Å². The van der Waals surface area contributed by atoms with E-state index in [9.17, 15) is 51.1 Å². The first-order valence-corrected chi connectivity index (χ1v) is 14.1. The average molecular weight is 633 g/mol. The first-order valence-electron chi connectivity index (χ1n) is 14.1. The summed E-state index contributed by atoms with van der Waals surface area (Å²) in [6, 6.07) is 0. The minimum Gasteiger partial charge on any atom is -0.394 e. The molecule has 4 aliphatic heterocycles. The van der Waals surface area contributed by atoms with Crippen LogP contribution in [0.4, 0.5) is 0 Å². The molecule has 252 valence electrons. The third-order valence-electron chi connectivity index (χ3n) is 8.30. The monoisotopic (exact) mass is 632 g/mol. The summed E-state index contributed by atoms with van der Waals surface area (Å²) in [6.07, 6.45) is -30.3. The van der Waals surface area contributed by atoms with Crippen LogP contribution in [0.15, 0.2) is 0 Å². The zero-order chi connectivity index (χ0) is 31.9. The third-order valence-corrected chi connectivity index (χ3v) is 8.30. The van der Waals surface area contributed by atoms with Crippen LogP contribution in [0, 0.1) is 0 Å². The van der Waals surface area contributed by atoms with Crippen LogP contribution in [0.2, 0.25) is 0 Å². The van der Waals surface area contributed by atoms with Crippen molar-refractivity contribution in [1.82, 2.24) is 0 Å². The van der Waals surface area contributed by atoms with Gasteiger partial charge < -0.3 is 89.0 Å². The van der Waals surface area contributed by atoms with Crippen molar-refractivity contribution in [1.29, 1.82) is 0 Å². The molecule has 10 N–H and O–H groups in total. The van der Waals surface area contributed by atoms with Crippen molar-refractivity contribution < 1.29 is 89.0 Å². The molecule has 4 rings (SSSR count). The molecule has 4 fully saturated rings. The molecule has 0 aliphatic carbocycles. The van der Waals surface area contributed by atoms with Crippen molar-refractivity contribution >= 4 is 0 Å². The summed E-state index contributed by atoms with van der Waals surface area (Å²) in [5, 5.41) is 104. The van der Waals surface area contributed by atoms with E-state index < -0.39 is 129 Å². The van der Waals surface area contributed by atoms with E-state index in [1.807, 2.05) is 0 Å². The quantitative estimate of drug-likeness (QED) is 0.119. The van der Waals surface area contributed by atoms with E-state index in [0.29, 0.717) is 0 Å². The van der Waals surface area contributed by atoms with Gasteiger partial charge in [-0.15, -0.1) is 0 Å². The predicted octanol–water partition coefficient (Wildman–Crippen LogP) is -6.01. The van der Waals surface area contributed by atoms with Gasteiger partial charge in [0, 0.05) is 7.11 Å². The van der Waals surface area contributed by atoms with Crippen LogP contribution in [-0.4, -0.2) is 188 Å². The van der Waals surface area contributed by atoms with Crippen molar-refractivity contribution in [2.24, 2.45) is 0 Å². The maximum absolute atomic E-state index is 11.1.